The SMILES string of the molecule is CC1CCCCC1n1c(SCC(=O)c2ccc(F)c(F)c2)nnc1-c1cccnc1. The van der Waals surface area contributed by atoms with Crippen LogP contribution < -0.4 is 0 Å². The van der Waals surface area contributed by atoms with Crippen LogP contribution >= 0.6 is 11.8 Å². The van der Waals surface area contributed by atoms with Gasteiger partial charge in [-0.1, -0.05) is 31.5 Å². The van der Waals surface area contributed by atoms with E-state index in [1.54, 1.807) is 12.4 Å². The predicted molar refractivity (Wildman–Crippen MR) is 111 cm³/mol. The van der Waals surface area contributed by atoms with Crippen LogP contribution in [0, 0.1) is 17.6 Å². The van der Waals surface area contributed by atoms with E-state index in [2.05, 4.69) is 26.7 Å². The van der Waals surface area contributed by atoms with Crippen LogP contribution in [-0.2, 0) is 0 Å². The average Bonchev–Trinajstić information content (AvgIpc) is 3.18. The van der Waals surface area contributed by atoms with E-state index in [1.165, 1.54) is 24.2 Å². The van der Waals surface area contributed by atoms with E-state index in [0.29, 0.717) is 11.1 Å². The van der Waals surface area contributed by atoms with Crippen LogP contribution in [0.25, 0.3) is 11.4 Å². The lowest BCUT2D eigenvalue weighted by Gasteiger charge is -2.31. The van der Waals surface area contributed by atoms with Crippen LogP contribution in [0.1, 0.15) is 49.0 Å². The van der Waals surface area contributed by atoms with E-state index in [0.717, 1.165) is 42.8 Å². The van der Waals surface area contributed by atoms with Gasteiger partial charge in [-0.3, -0.25) is 14.3 Å². The van der Waals surface area contributed by atoms with E-state index < -0.39 is 11.6 Å². The van der Waals surface area contributed by atoms with Gasteiger partial charge in [0.05, 0.1) is 5.75 Å². The van der Waals surface area contributed by atoms with Crippen LogP contribution in [-0.4, -0.2) is 31.3 Å². The van der Waals surface area contributed by atoms with E-state index in [4.69, 9.17) is 0 Å². The molecular weight excluding hydrogens is 406 g/mol. The zero-order valence-corrected chi connectivity index (χ0v) is 17.4. The standard InChI is InChI=1S/C22H22F2N4OS/c1-14-5-2-3-7-19(14)28-21(16-6-4-10-25-12-16)26-27-22(28)30-13-20(29)15-8-9-17(23)18(24)11-15/h4,6,8-12,14,19H,2-3,5,7,13H2,1H3. The molecule has 1 fully saturated rings. The highest BCUT2D eigenvalue weighted by Gasteiger charge is 2.29. The zero-order chi connectivity index (χ0) is 21.1. The van der Waals surface area contributed by atoms with Gasteiger partial charge in [0, 0.05) is 29.6 Å². The minimum atomic E-state index is -1.02. The highest BCUT2D eigenvalue weighted by molar-refractivity contribution is 7.99. The summed E-state index contributed by atoms with van der Waals surface area (Å²) in [6, 6.07) is 7.26. The number of halogens is 2. The summed E-state index contributed by atoms with van der Waals surface area (Å²) in [6.07, 6.45) is 7.97. The Morgan fingerprint density at radius 1 is 1.17 bits per heavy atom. The fraction of sp³-hybridized carbons (Fsp3) is 0.364. The third-order valence-corrected chi connectivity index (χ3v) is 6.50. The number of nitrogens with zero attached hydrogens (tertiary/aromatic N) is 4. The Labute approximate surface area is 177 Å². The number of Topliss-reactive ketones (excluding diaryl/α,β-unsaturated/α-hetero) is 1. The Kier molecular flexibility index (Phi) is 6.22. The summed E-state index contributed by atoms with van der Waals surface area (Å²) in [4.78, 5) is 16.7. The maximum Gasteiger partial charge on any atom is 0.192 e. The normalized spacial score (nSPS) is 19.0. The van der Waals surface area contributed by atoms with Crippen LogP contribution in [0.15, 0.2) is 47.9 Å². The second-order valence-electron chi connectivity index (χ2n) is 7.59. The number of carbonyl (C=O) groups is 1. The van der Waals surface area contributed by atoms with Crippen molar-refractivity contribution in [2.45, 2.75) is 43.8 Å². The Morgan fingerprint density at radius 3 is 2.73 bits per heavy atom. The van der Waals surface area contributed by atoms with Crippen molar-refractivity contribution in [2.75, 3.05) is 5.75 Å². The first-order valence-electron chi connectivity index (χ1n) is 10.0. The molecule has 0 saturated heterocycles. The lowest BCUT2D eigenvalue weighted by molar-refractivity contribution is 0.102. The van der Waals surface area contributed by atoms with Gasteiger partial charge < -0.3 is 0 Å². The average molecular weight is 429 g/mol. The summed E-state index contributed by atoms with van der Waals surface area (Å²) in [6.45, 7) is 2.23. The van der Waals surface area contributed by atoms with E-state index in [9.17, 15) is 13.6 Å². The van der Waals surface area contributed by atoms with Crippen molar-refractivity contribution in [3.05, 3.63) is 59.9 Å². The summed E-state index contributed by atoms with van der Waals surface area (Å²) in [5.41, 5.74) is 1.02. The number of hydrogen-bond donors (Lipinski definition) is 0. The van der Waals surface area contributed by atoms with Crippen molar-refractivity contribution in [3.63, 3.8) is 0 Å². The zero-order valence-electron chi connectivity index (χ0n) is 16.6. The minimum Gasteiger partial charge on any atom is -0.299 e. The van der Waals surface area contributed by atoms with Crippen molar-refractivity contribution >= 4 is 17.5 Å². The molecule has 2 unspecified atom stereocenters. The van der Waals surface area contributed by atoms with Crippen molar-refractivity contribution in [2.24, 2.45) is 5.92 Å². The van der Waals surface area contributed by atoms with E-state index in [1.807, 2.05) is 12.1 Å². The number of carbonyl (C=O) groups excluding carboxylic acids is 1. The van der Waals surface area contributed by atoms with Crippen LogP contribution in [0.4, 0.5) is 8.78 Å². The minimum absolute atomic E-state index is 0.0668. The lowest BCUT2D eigenvalue weighted by Crippen LogP contribution is -2.22. The molecule has 5 nitrogen and oxygen atoms in total. The molecular formula is C22H22F2N4OS. The first-order valence-corrected chi connectivity index (χ1v) is 11.0. The molecule has 1 aliphatic rings. The maximum absolute atomic E-state index is 13.5. The molecule has 1 aromatic carbocycles. The molecule has 0 radical (unpaired) electrons. The number of ketones is 1. The summed E-state index contributed by atoms with van der Waals surface area (Å²) >= 11 is 1.27. The second kappa shape index (κ2) is 9.04. The first kappa shape index (κ1) is 20.7. The summed E-state index contributed by atoms with van der Waals surface area (Å²) < 4.78 is 28.8. The topological polar surface area (TPSA) is 60.7 Å². The van der Waals surface area contributed by atoms with Gasteiger partial charge in [0.2, 0.25) is 0 Å². The number of hydrogen-bond acceptors (Lipinski definition) is 5. The highest BCUT2D eigenvalue weighted by atomic mass is 32.2. The van der Waals surface area contributed by atoms with E-state index >= 15 is 0 Å². The fourth-order valence-electron chi connectivity index (χ4n) is 3.93. The van der Waals surface area contributed by atoms with Crippen LogP contribution in [0.5, 0.6) is 0 Å². The molecule has 1 saturated carbocycles. The molecule has 0 N–H and O–H groups in total. The third-order valence-electron chi connectivity index (χ3n) is 5.56. The monoisotopic (exact) mass is 428 g/mol. The molecule has 156 valence electrons. The van der Waals surface area contributed by atoms with E-state index in [-0.39, 0.29) is 23.1 Å². The Bertz CT molecular complexity index is 1040. The lowest BCUT2D eigenvalue weighted by atomic mass is 9.85. The van der Waals surface area contributed by atoms with Crippen molar-refractivity contribution < 1.29 is 13.6 Å². The molecule has 3 aromatic rings. The molecule has 0 aliphatic heterocycles. The van der Waals surface area contributed by atoms with Gasteiger partial charge >= 0.3 is 0 Å². The van der Waals surface area contributed by atoms with Crippen molar-refractivity contribution in [1.82, 2.24) is 19.7 Å². The predicted octanol–water partition coefficient (Wildman–Crippen LogP) is 5.34. The quantitative estimate of drug-likeness (QED) is 0.392. The largest absolute Gasteiger partial charge is 0.299 e. The molecule has 0 spiro atoms. The van der Waals surface area contributed by atoms with Gasteiger partial charge in [0.25, 0.3) is 0 Å². The van der Waals surface area contributed by atoms with Crippen LogP contribution in [0.2, 0.25) is 0 Å². The number of pyridine rings is 1. The van der Waals surface area contributed by atoms with Gasteiger partial charge in [0.15, 0.2) is 28.4 Å². The summed E-state index contributed by atoms with van der Waals surface area (Å²) in [5, 5.41) is 9.42. The molecule has 0 bridgehead atoms. The number of aromatic nitrogens is 4. The molecule has 30 heavy (non-hydrogen) atoms. The van der Waals surface area contributed by atoms with Gasteiger partial charge in [-0.05, 0) is 49.1 Å². The Hall–Kier alpha value is -2.61. The molecule has 2 aromatic heterocycles. The fourth-order valence-corrected chi connectivity index (χ4v) is 4.82. The Balaban J connectivity index is 1.61. The number of rotatable bonds is 6. The number of thioether (sulfide) groups is 1. The summed E-state index contributed by atoms with van der Waals surface area (Å²) in [5.74, 6) is -1.00. The molecule has 8 heteroatoms. The number of benzene rings is 1. The van der Waals surface area contributed by atoms with Gasteiger partial charge in [0.1, 0.15) is 0 Å². The van der Waals surface area contributed by atoms with Gasteiger partial charge in [-0.25, -0.2) is 8.78 Å². The van der Waals surface area contributed by atoms with Crippen LogP contribution in [0.3, 0.4) is 0 Å². The maximum atomic E-state index is 13.5. The third kappa shape index (κ3) is 4.28. The molecule has 4 rings (SSSR count). The summed E-state index contributed by atoms with van der Waals surface area (Å²) in [7, 11) is 0. The molecule has 2 atom stereocenters. The Morgan fingerprint density at radius 2 is 2.00 bits per heavy atom. The smallest absolute Gasteiger partial charge is 0.192 e. The van der Waals surface area contributed by atoms with Crippen molar-refractivity contribution in [1.29, 1.82) is 0 Å². The molecule has 2 heterocycles. The van der Waals surface area contributed by atoms with Gasteiger partial charge in [-0.15, -0.1) is 10.2 Å². The van der Waals surface area contributed by atoms with Gasteiger partial charge in [-0.2, -0.15) is 0 Å². The second-order valence-corrected chi connectivity index (χ2v) is 8.53. The first-order chi connectivity index (χ1) is 14.5. The molecule has 1 aliphatic carbocycles. The molecule has 0 amide bonds. The highest BCUT2D eigenvalue weighted by Crippen LogP contribution is 2.39. The van der Waals surface area contributed by atoms with Crippen molar-refractivity contribution in [3.8, 4) is 11.4 Å².